The van der Waals surface area contributed by atoms with Crippen LogP contribution in [0.1, 0.15) is 6.92 Å². The van der Waals surface area contributed by atoms with Crippen molar-refractivity contribution in [1.82, 2.24) is 4.90 Å². The van der Waals surface area contributed by atoms with Crippen LogP contribution in [-0.4, -0.2) is 55.6 Å². The first kappa shape index (κ1) is 13.3. The van der Waals surface area contributed by atoms with Gasteiger partial charge in [-0.15, -0.1) is 0 Å². The van der Waals surface area contributed by atoms with Crippen LogP contribution in [0.25, 0.3) is 0 Å². The van der Waals surface area contributed by atoms with E-state index in [1.165, 1.54) is 5.69 Å². The summed E-state index contributed by atoms with van der Waals surface area (Å²) in [5, 5.41) is 9.02. The van der Waals surface area contributed by atoms with Crippen molar-refractivity contribution in [3.8, 4) is 0 Å². The molecule has 1 N–H and O–H groups in total. The summed E-state index contributed by atoms with van der Waals surface area (Å²) in [4.78, 5) is 4.55. The fraction of sp³-hybridized carbons (Fsp3) is 0.571. The number of piperazine rings is 1. The predicted molar refractivity (Wildman–Crippen MR) is 72.7 cm³/mol. The Hall–Kier alpha value is -1.10. The lowest BCUT2D eigenvalue weighted by atomic mass is 10.2. The molecule has 100 valence electrons. The van der Waals surface area contributed by atoms with E-state index in [1.807, 2.05) is 13.0 Å². The fourth-order valence-electron chi connectivity index (χ4n) is 2.40. The Bertz CT molecular complexity index is 345. The van der Waals surface area contributed by atoms with Crippen molar-refractivity contribution in [1.29, 1.82) is 0 Å². The van der Waals surface area contributed by atoms with E-state index in [0.717, 1.165) is 26.2 Å². The van der Waals surface area contributed by atoms with Crippen molar-refractivity contribution < 1.29 is 9.84 Å². The maximum Gasteiger partial charge on any atom is 0.142 e. The highest BCUT2D eigenvalue weighted by Gasteiger charge is 2.26. The van der Waals surface area contributed by atoms with Crippen LogP contribution in [0, 0.1) is 0 Å². The first-order valence-corrected chi connectivity index (χ1v) is 6.61. The lowest BCUT2D eigenvalue weighted by molar-refractivity contribution is 0.0101. The van der Waals surface area contributed by atoms with Gasteiger partial charge < -0.3 is 14.7 Å². The number of para-hydroxylation sites is 1. The van der Waals surface area contributed by atoms with Crippen LogP contribution in [0.15, 0.2) is 30.3 Å². The molecule has 1 fully saturated rings. The van der Waals surface area contributed by atoms with Crippen LogP contribution in [-0.2, 0) is 4.74 Å². The Morgan fingerprint density at radius 1 is 1.28 bits per heavy atom. The molecule has 1 atom stereocenters. The van der Waals surface area contributed by atoms with Gasteiger partial charge in [-0.2, -0.15) is 0 Å². The van der Waals surface area contributed by atoms with Gasteiger partial charge in [0.2, 0.25) is 0 Å². The Kier molecular flexibility index (Phi) is 4.99. The second-order valence-electron chi connectivity index (χ2n) is 4.46. The van der Waals surface area contributed by atoms with Gasteiger partial charge >= 0.3 is 0 Å². The van der Waals surface area contributed by atoms with Gasteiger partial charge in [-0.3, -0.25) is 4.90 Å². The lowest BCUT2D eigenvalue weighted by Gasteiger charge is -2.42. The molecule has 0 radical (unpaired) electrons. The van der Waals surface area contributed by atoms with Gasteiger partial charge in [-0.05, 0) is 19.1 Å². The molecule has 1 aliphatic heterocycles. The van der Waals surface area contributed by atoms with Crippen molar-refractivity contribution in [3.63, 3.8) is 0 Å². The highest BCUT2D eigenvalue weighted by atomic mass is 16.5. The molecule has 1 saturated heterocycles. The molecule has 1 heterocycles. The van der Waals surface area contributed by atoms with Crippen LogP contribution in [0.5, 0.6) is 0 Å². The van der Waals surface area contributed by atoms with Crippen molar-refractivity contribution in [2.24, 2.45) is 0 Å². The quantitative estimate of drug-likeness (QED) is 0.851. The van der Waals surface area contributed by atoms with Crippen LogP contribution in [0.3, 0.4) is 0 Å². The number of nitrogens with zero attached hydrogens (tertiary/aromatic N) is 2. The van der Waals surface area contributed by atoms with Crippen molar-refractivity contribution in [2.45, 2.75) is 13.2 Å². The highest BCUT2D eigenvalue weighted by Crippen LogP contribution is 2.20. The van der Waals surface area contributed by atoms with Crippen molar-refractivity contribution in [3.05, 3.63) is 30.3 Å². The van der Waals surface area contributed by atoms with E-state index in [2.05, 4.69) is 34.1 Å². The van der Waals surface area contributed by atoms with E-state index in [0.29, 0.717) is 6.61 Å². The molecule has 4 nitrogen and oxygen atoms in total. The van der Waals surface area contributed by atoms with E-state index in [4.69, 9.17) is 9.84 Å². The number of β-amino-alcohol motifs (C(OH)–C–C–N with tert-alkyl or cyclic N) is 1. The fourth-order valence-corrected chi connectivity index (χ4v) is 2.40. The second-order valence-corrected chi connectivity index (χ2v) is 4.46. The van der Waals surface area contributed by atoms with Crippen LogP contribution < -0.4 is 4.90 Å². The molecule has 0 bridgehead atoms. The lowest BCUT2D eigenvalue weighted by Crippen LogP contribution is -2.55. The average molecular weight is 250 g/mol. The molecular weight excluding hydrogens is 228 g/mol. The first-order chi connectivity index (χ1) is 8.85. The minimum absolute atomic E-state index is 0.0812. The molecule has 2 rings (SSSR count). The van der Waals surface area contributed by atoms with Gasteiger partial charge in [0.25, 0.3) is 0 Å². The molecule has 0 amide bonds. The van der Waals surface area contributed by atoms with Crippen molar-refractivity contribution >= 4 is 5.69 Å². The van der Waals surface area contributed by atoms with E-state index < -0.39 is 0 Å². The average Bonchev–Trinajstić information content (AvgIpc) is 2.41. The summed E-state index contributed by atoms with van der Waals surface area (Å²) in [6.45, 7) is 6.43. The van der Waals surface area contributed by atoms with Crippen LogP contribution in [0.4, 0.5) is 5.69 Å². The highest BCUT2D eigenvalue weighted by molar-refractivity contribution is 5.47. The third kappa shape index (κ3) is 3.22. The summed E-state index contributed by atoms with van der Waals surface area (Å²) in [7, 11) is 0. The second kappa shape index (κ2) is 6.73. The molecule has 0 aliphatic carbocycles. The smallest absolute Gasteiger partial charge is 0.142 e. The Labute approximate surface area is 109 Å². The molecule has 0 saturated carbocycles. The van der Waals surface area contributed by atoms with Gasteiger partial charge in [0.1, 0.15) is 6.23 Å². The number of benzene rings is 1. The molecule has 1 unspecified atom stereocenters. The molecule has 18 heavy (non-hydrogen) atoms. The number of hydrogen-bond acceptors (Lipinski definition) is 4. The Morgan fingerprint density at radius 2 is 2.06 bits per heavy atom. The number of anilines is 1. The number of ether oxygens (including phenoxy) is 1. The molecule has 1 aromatic rings. The summed E-state index contributed by atoms with van der Waals surface area (Å²) in [5.41, 5.74) is 1.21. The minimum atomic E-state index is 0.0812. The summed E-state index contributed by atoms with van der Waals surface area (Å²) in [5.74, 6) is 0. The van der Waals surface area contributed by atoms with E-state index in [9.17, 15) is 0 Å². The predicted octanol–water partition coefficient (Wildman–Crippen LogP) is 1.16. The minimum Gasteiger partial charge on any atom is -0.395 e. The van der Waals surface area contributed by atoms with Crippen molar-refractivity contribution in [2.75, 3.05) is 44.3 Å². The SMILES string of the molecule is CCOC1CN(CCO)CCN1c1ccccc1. The summed E-state index contributed by atoms with van der Waals surface area (Å²) in [6.07, 6.45) is 0.0812. The van der Waals surface area contributed by atoms with E-state index >= 15 is 0 Å². The Morgan fingerprint density at radius 3 is 2.72 bits per heavy atom. The summed E-state index contributed by atoms with van der Waals surface area (Å²) >= 11 is 0. The topological polar surface area (TPSA) is 35.9 Å². The zero-order valence-corrected chi connectivity index (χ0v) is 11.0. The van der Waals surface area contributed by atoms with Gasteiger partial charge in [-0.1, -0.05) is 18.2 Å². The maximum atomic E-state index is 9.02. The maximum absolute atomic E-state index is 9.02. The zero-order valence-electron chi connectivity index (χ0n) is 11.0. The molecule has 4 heteroatoms. The molecule has 1 aliphatic rings. The normalized spacial score (nSPS) is 21.2. The number of rotatable bonds is 5. The molecular formula is C14H22N2O2. The summed E-state index contributed by atoms with van der Waals surface area (Å²) < 4.78 is 5.83. The van der Waals surface area contributed by atoms with E-state index in [1.54, 1.807) is 0 Å². The molecule has 0 aromatic heterocycles. The van der Waals surface area contributed by atoms with Gasteiger partial charge in [0.05, 0.1) is 6.61 Å². The largest absolute Gasteiger partial charge is 0.395 e. The molecule has 0 spiro atoms. The van der Waals surface area contributed by atoms with Gasteiger partial charge in [0.15, 0.2) is 0 Å². The third-order valence-electron chi connectivity index (χ3n) is 3.28. The van der Waals surface area contributed by atoms with Crippen LogP contribution >= 0.6 is 0 Å². The first-order valence-electron chi connectivity index (χ1n) is 6.61. The monoisotopic (exact) mass is 250 g/mol. The summed E-state index contributed by atoms with van der Waals surface area (Å²) in [6, 6.07) is 10.4. The van der Waals surface area contributed by atoms with Crippen LogP contribution in [0.2, 0.25) is 0 Å². The standard InChI is InChI=1S/C14H22N2O2/c1-2-18-14-12-15(10-11-17)8-9-16(14)13-6-4-3-5-7-13/h3-7,14,17H,2,8-12H2,1H3. The van der Waals surface area contributed by atoms with Gasteiger partial charge in [-0.25, -0.2) is 0 Å². The third-order valence-corrected chi connectivity index (χ3v) is 3.28. The zero-order chi connectivity index (χ0) is 12.8. The number of hydrogen-bond donors (Lipinski definition) is 1. The number of aliphatic hydroxyl groups is 1. The Balaban J connectivity index is 2.05. The van der Waals surface area contributed by atoms with E-state index in [-0.39, 0.29) is 12.8 Å². The van der Waals surface area contributed by atoms with Gasteiger partial charge in [0, 0.05) is 38.5 Å². The number of aliphatic hydroxyl groups excluding tert-OH is 1. The molecule has 1 aromatic carbocycles.